The third-order valence-corrected chi connectivity index (χ3v) is 7.77. The van der Waals surface area contributed by atoms with E-state index in [1.165, 1.54) is 0 Å². The summed E-state index contributed by atoms with van der Waals surface area (Å²) in [5.74, 6) is 0.0645. The topological polar surface area (TPSA) is 67.4 Å². The Balaban J connectivity index is 1.13. The molecule has 0 aliphatic heterocycles. The Labute approximate surface area is 175 Å². The summed E-state index contributed by atoms with van der Waals surface area (Å²) in [5.41, 5.74) is -0.652. The molecule has 5 unspecified atom stereocenters. The van der Waals surface area contributed by atoms with Crippen LogP contribution in [0.4, 0.5) is 8.78 Å². The Morgan fingerprint density at radius 3 is 2.52 bits per heavy atom. The molecular formula is C21H31ClF2N2O3. The molecule has 5 saturated carbocycles. The second kappa shape index (κ2) is 8.29. The van der Waals surface area contributed by atoms with Crippen LogP contribution in [0.2, 0.25) is 0 Å². The largest absolute Gasteiger partial charge is 0.368 e. The lowest BCUT2D eigenvalue weighted by Gasteiger charge is -2.69. The molecule has 2 N–H and O–H groups in total. The normalized spacial score (nSPS) is 43.6. The number of carbonyl (C=O) groups excluding carboxylic acids is 2. The van der Waals surface area contributed by atoms with Crippen LogP contribution in [0.3, 0.4) is 0 Å². The highest BCUT2D eigenvalue weighted by molar-refractivity contribution is 6.21. The summed E-state index contributed by atoms with van der Waals surface area (Å²) in [6, 6.07) is 0. The second-order valence-electron chi connectivity index (χ2n) is 9.76. The van der Waals surface area contributed by atoms with Gasteiger partial charge < -0.3 is 15.4 Å². The summed E-state index contributed by atoms with van der Waals surface area (Å²) in [5, 5.41) is 5.55. The Hall–Kier alpha value is -0.950. The van der Waals surface area contributed by atoms with Crippen LogP contribution in [0.15, 0.2) is 0 Å². The number of rotatable bonds is 7. The molecule has 5 aliphatic rings. The first-order chi connectivity index (χ1) is 13.8. The monoisotopic (exact) mass is 432 g/mol. The molecule has 0 aromatic rings. The fourth-order valence-electron chi connectivity index (χ4n) is 5.72. The van der Waals surface area contributed by atoms with Gasteiger partial charge in [0.15, 0.2) is 0 Å². The summed E-state index contributed by atoms with van der Waals surface area (Å²) >= 11 is 5.87. The maximum Gasteiger partial charge on any atom is 0.246 e. The molecule has 2 amide bonds. The van der Waals surface area contributed by atoms with Crippen molar-refractivity contribution in [1.29, 1.82) is 0 Å². The molecular weight excluding hydrogens is 402 g/mol. The number of carbonyl (C=O) groups is 2. The zero-order chi connectivity index (χ0) is 20.6. The lowest BCUT2D eigenvalue weighted by molar-refractivity contribution is -0.185. The highest BCUT2D eigenvalue weighted by Gasteiger charge is 2.72. The molecule has 5 fully saturated rings. The predicted molar refractivity (Wildman–Crippen MR) is 105 cm³/mol. The van der Waals surface area contributed by atoms with Gasteiger partial charge in [0, 0.05) is 18.5 Å². The van der Waals surface area contributed by atoms with Crippen molar-refractivity contribution >= 4 is 23.4 Å². The average molecular weight is 433 g/mol. The predicted octanol–water partition coefficient (Wildman–Crippen LogP) is 3.18. The molecule has 5 rings (SSSR count). The van der Waals surface area contributed by atoms with Crippen molar-refractivity contribution < 1.29 is 23.1 Å². The van der Waals surface area contributed by atoms with Crippen LogP contribution in [0.25, 0.3) is 0 Å². The fraction of sp³-hybridized carbons (Fsp3) is 0.905. The molecule has 29 heavy (non-hydrogen) atoms. The van der Waals surface area contributed by atoms with Gasteiger partial charge in [-0.1, -0.05) is 6.42 Å². The lowest BCUT2D eigenvalue weighted by atomic mass is 9.39. The van der Waals surface area contributed by atoms with E-state index in [0.717, 1.165) is 12.8 Å². The molecule has 8 heteroatoms. The Kier molecular flexibility index (Phi) is 6.09. The van der Waals surface area contributed by atoms with Crippen LogP contribution >= 0.6 is 11.6 Å². The second-order valence-corrected chi connectivity index (χ2v) is 10.3. The third-order valence-electron chi connectivity index (χ3n) is 7.28. The number of ether oxygens (including phenoxy) is 1. The average Bonchev–Trinajstić information content (AvgIpc) is 2.62. The third kappa shape index (κ3) is 4.55. The summed E-state index contributed by atoms with van der Waals surface area (Å²) in [6.07, 6.45) is 4.39. The van der Waals surface area contributed by atoms with Gasteiger partial charge in [0.1, 0.15) is 19.0 Å². The van der Waals surface area contributed by atoms with Gasteiger partial charge in [-0.25, -0.2) is 8.78 Å². The molecule has 0 saturated heterocycles. The zero-order valence-corrected chi connectivity index (χ0v) is 17.5. The summed E-state index contributed by atoms with van der Waals surface area (Å²) in [4.78, 5) is 24.7. The highest BCUT2D eigenvalue weighted by atomic mass is 35.5. The molecule has 0 spiro atoms. The standard InChI is InChI=1S/C21H31ClF2N2O3/c22-16-5-4-15(7-17(16)24)29-9-18(27)26-21-10-20(11-21,12-21)19(28)25-8-13-2-1-3-14(23)6-13/h13-17H,1-12H2,(H,25,28)(H,26,27). The quantitative estimate of drug-likeness (QED) is 0.607. The van der Waals surface area contributed by atoms with Crippen LogP contribution in [0, 0.1) is 11.3 Å². The van der Waals surface area contributed by atoms with Crippen molar-refractivity contribution in [2.75, 3.05) is 13.2 Å². The first-order valence-corrected chi connectivity index (χ1v) is 11.4. The molecule has 0 radical (unpaired) electrons. The van der Waals surface area contributed by atoms with E-state index in [1.54, 1.807) is 0 Å². The van der Waals surface area contributed by atoms with Crippen LogP contribution in [0.5, 0.6) is 0 Å². The van der Waals surface area contributed by atoms with Crippen LogP contribution < -0.4 is 10.6 Å². The van der Waals surface area contributed by atoms with E-state index in [1.807, 2.05) is 0 Å². The minimum atomic E-state index is -1.08. The number of amides is 2. The van der Waals surface area contributed by atoms with Gasteiger partial charge in [-0.15, -0.1) is 11.6 Å². The first kappa shape index (κ1) is 21.3. The molecule has 0 aromatic carbocycles. The Morgan fingerprint density at radius 1 is 1.07 bits per heavy atom. The summed E-state index contributed by atoms with van der Waals surface area (Å²) in [7, 11) is 0. The van der Waals surface area contributed by atoms with Crippen molar-refractivity contribution in [2.45, 2.75) is 93.6 Å². The van der Waals surface area contributed by atoms with Crippen molar-refractivity contribution in [3.63, 3.8) is 0 Å². The van der Waals surface area contributed by atoms with E-state index < -0.39 is 17.7 Å². The van der Waals surface area contributed by atoms with Crippen LogP contribution in [-0.4, -0.2) is 54.3 Å². The fourth-order valence-corrected chi connectivity index (χ4v) is 5.94. The number of halogens is 3. The van der Waals surface area contributed by atoms with Gasteiger partial charge in [-0.3, -0.25) is 9.59 Å². The molecule has 2 bridgehead atoms. The molecule has 5 nitrogen and oxygen atoms in total. The molecule has 0 aromatic heterocycles. The van der Waals surface area contributed by atoms with Crippen LogP contribution in [-0.2, 0) is 14.3 Å². The number of alkyl halides is 3. The van der Waals surface area contributed by atoms with Gasteiger partial charge in [-0.2, -0.15) is 0 Å². The van der Waals surface area contributed by atoms with Crippen molar-refractivity contribution in [2.24, 2.45) is 11.3 Å². The lowest BCUT2D eigenvalue weighted by Crippen LogP contribution is -2.78. The number of hydrogen-bond acceptors (Lipinski definition) is 3. The van der Waals surface area contributed by atoms with Gasteiger partial charge in [-0.05, 0) is 57.3 Å². The number of nitrogens with one attached hydrogen (secondary N) is 2. The van der Waals surface area contributed by atoms with Crippen molar-refractivity contribution in [3.8, 4) is 0 Å². The smallest absolute Gasteiger partial charge is 0.246 e. The Bertz CT molecular complexity index is 630. The van der Waals surface area contributed by atoms with E-state index >= 15 is 0 Å². The molecule has 5 aliphatic carbocycles. The van der Waals surface area contributed by atoms with E-state index in [2.05, 4.69) is 10.6 Å². The van der Waals surface area contributed by atoms with Gasteiger partial charge >= 0.3 is 0 Å². The van der Waals surface area contributed by atoms with E-state index in [9.17, 15) is 18.4 Å². The molecule has 5 atom stereocenters. The minimum Gasteiger partial charge on any atom is -0.368 e. The van der Waals surface area contributed by atoms with Gasteiger partial charge in [0.05, 0.1) is 16.9 Å². The minimum absolute atomic E-state index is 0.0395. The van der Waals surface area contributed by atoms with Crippen molar-refractivity contribution in [1.82, 2.24) is 10.6 Å². The maximum atomic E-state index is 13.6. The van der Waals surface area contributed by atoms with Crippen LogP contribution in [0.1, 0.15) is 64.2 Å². The van der Waals surface area contributed by atoms with E-state index in [4.69, 9.17) is 16.3 Å². The highest BCUT2D eigenvalue weighted by Crippen LogP contribution is 2.67. The van der Waals surface area contributed by atoms with Crippen molar-refractivity contribution in [3.05, 3.63) is 0 Å². The van der Waals surface area contributed by atoms with Gasteiger partial charge in [0.25, 0.3) is 0 Å². The SMILES string of the molecule is O=C(COC1CCC(Cl)C(F)C1)NC12CC(C(=O)NCC3CCCC(F)C3)(C1)C2. The summed E-state index contributed by atoms with van der Waals surface area (Å²) in [6.45, 7) is 0.464. The molecule has 164 valence electrons. The first-order valence-electron chi connectivity index (χ1n) is 10.9. The Morgan fingerprint density at radius 2 is 1.83 bits per heavy atom. The summed E-state index contributed by atoms with van der Waals surface area (Å²) < 4.78 is 32.7. The number of hydrogen-bond donors (Lipinski definition) is 2. The molecule has 0 heterocycles. The zero-order valence-electron chi connectivity index (χ0n) is 16.7. The van der Waals surface area contributed by atoms with Gasteiger partial charge in [0.2, 0.25) is 11.8 Å². The maximum absolute atomic E-state index is 13.6. The van der Waals surface area contributed by atoms with E-state index in [0.29, 0.717) is 51.5 Å². The van der Waals surface area contributed by atoms with E-state index in [-0.39, 0.29) is 47.8 Å².